The van der Waals surface area contributed by atoms with Gasteiger partial charge in [0.15, 0.2) is 5.78 Å². The fraction of sp³-hybridized carbons (Fsp3) is 0.389. The zero-order valence-corrected chi connectivity index (χ0v) is 15.0. The van der Waals surface area contributed by atoms with Gasteiger partial charge in [-0.15, -0.1) is 0 Å². The summed E-state index contributed by atoms with van der Waals surface area (Å²) in [6.07, 6.45) is 1.14. The molecule has 1 aliphatic heterocycles. The molecule has 2 heterocycles. The molecule has 1 radical (unpaired) electrons. The van der Waals surface area contributed by atoms with Crippen molar-refractivity contribution in [3.63, 3.8) is 0 Å². The predicted molar refractivity (Wildman–Crippen MR) is 98.7 cm³/mol. The Balaban J connectivity index is 2.01. The maximum absolute atomic E-state index is 14.1. The van der Waals surface area contributed by atoms with Gasteiger partial charge < -0.3 is 5.32 Å². The summed E-state index contributed by atoms with van der Waals surface area (Å²) in [6, 6.07) is 1.88. The summed E-state index contributed by atoms with van der Waals surface area (Å²) in [5, 5.41) is 2.84. The number of carbonyl (C=O) groups excluding carboxylic acids is 1. The first kappa shape index (κ1) is 19.1. The van der Waals surface area contributed by atoms with E-state index < -0.39 is 34.7 Å². The third kappa shape index (κ3) is 3.58. The molecule has 9 heteroatoms. The summed E-state index contributed by atoms with van der Waals surface area (Å²) < 4.78 is 28.2. The molecule has 0 aliphatic carbocycles. The van der Waals surface area contributed by atoms with Crippen molar-refractivity contribution < 1.29 is 13.6 Å². The number of rotatable bonds is 5. The topological polar surface area (TPSA) is 84.0 Å². The number of nitrogens with zero attached hydrogens (tertiary/aromatic N) is 1. The Morgan fingerprint density at radius 2 is 2.04 bits per heavy atom. The summed E-state index contributed by atoms with van der Waals surface area (Å²) in [6.45, 7) is 3.62. The molecule has 0 saturated carbocycles. The standard InChI is InChI=1S/C18H19BF2N3O3/c1-9(5-6-19-2)24-17(26)15-14(25)8-13(22-16(15)23-18(24)27)11-4-3-10(20)7-12(11)21/h3-4,7,9,13,22H,5-6,8H2,1-2H3,(H,23,27)/t9?,13-/m1/s1. The highest BCUT2D eigenvalue weighted by Gasteiger charge is 2.32. The number of ketones is 1. The van der Waals surface area contributed by atoms with Crippen LogP contribution in [-0.2, 0) is 0 Å². The monoisotopic (exact) mass is 374 g/mol. The van der Waals surface area contributed by atoms with Crippen molar-refractivity contribution in [2.24, 2.45) is 0 Å². The van der Waals surface area contributed by atoms with Gasteiger partial charge in [-0.05, 0) is 19.4 Å². The van der Waals surface area contributed by atoms with Crippen molar-refractivity contribution in [2.45, 2.75) is 45.0 Å². The Hall–Kier alpha value is -2.71. The molecule has 0 fully saturated rings. The molecule has 2 N–H and O–H groups in total. The minimum atomic E-state index is -0.802. The lowest BCUT2D eigenvalue weighted by molar-refractivity contribution is 0.0968. The van der Waals surface area contributed by atoms with E-state index in [4.69, 9.17) is 0 Å². The number of aromatic nitrogens is 2. The SMILES string of the molecule is C[B]CCC(C)n1c(=O)[nH]c2c(c1=O)C(=O)C[C@H](c1ccc(F)cc1F)N2. The predicted octanol–water partition coefficient (Wildman–Crippen LogP) is 2.68. The lowest BCUT2D eigenvalue weighted by Crippen LogP contribution is -2.43. The number of halogens is 2. The van der Waals surface area contributed by atoms with Gasteiger partial charge >= 0.3 is 5.69 Å². The smallest absolute Gasteiger partial charge is 0.330 e. The number of Topliss-reactive ketones (excluding diaryl/α,β-unsaturated/α-hetero) is 1. The number of fused-ring (bicyclic) bond motifs is 1. The quantitative estimate of drug-likeness (QED) is 0.789. The molecule has 3 rings (SSSR count). The van der Waals surface area contributed by atoms with Crippen molar-refractivity contribution in [2.75, 3.05) is 5.32 Å². The summed E-state index contributed by atoms with van der Waals surface area (Å²) in [5.74, 6) is -2.06. The van der Waals surface area contributed by atoms with Gasteiger partial charge in [0, 0.05) is 24.1 Å². The molecule has 0 spiro atoms. The van der Waals surface area contributed by atoms with Crippen LogP contribution in [0.25, 0.3) is 0 Å². The Bertz CT molecular complexity index is 1000. The Morgan fingerprint density at radius 3 is 2.70 bits per heavy atom. The highest BCUT2D eigenvalue weighted by atomic mass is 19.1. The Kier molecular flexibility index (Phi) is 5.30. The van der Waals surface area contributed by atoms with Crippen LogP contribution in [0.5, 0.6) is 0 Å². The Morgan fingerprint density at radius 1 is 1.30 bits per heavy atom. The molecule has 141 valence electrons. The maximum Gasteiger partial charge on any atom is 0.330 e. The van der Waals surface area contributed by atoms with E-state index in [-0.39, 0.29) is 29.4 Å². The number of hydrogen-bond acceptors (Lipinski definition) is 4. The van der Waals surface area contributed by atoms with Gasteiger partial charge in [0.25, 0.3) is 5.56 Å². The second-order valence-electron chi connectivity index (χ2n) is 6.68. The van der Waals surface area contributed by atoms with Crippen LogP contribution in [0.15, 0.2) is 27.8 Å². The second-order valence-corrected chi connectivity index (χ2v) is 6.68. The zero-order chi connectivity index (χ0) is 19.7. The average Bonchev–Trinajstić information content (AvgIpc) is 2.59. The van der Waals surface area contributed by atoms with Crippen molar-refractivity contribution in [1.82, 2.24) is 9.55 Å². The zero-order valence-electron chi connectivity index (χ0n) is 15.0. The molecule has 27 heavy (non-hydrogen) atoms. The first-order valence-corrected chi connectivity index (χ1v) is 8.74. The molecule has 1 aliphatic rings. The first-order valence-electron chi connectivity index (χ1n) is 8.74. The van der Waals surface area contributed by atoms with Crippen LogP contribution in [0.3, 0.4) is 0 Å². The van der Waals surface area contributed by atoms with Gasteiger partial charge in [-0.1, -0.05) is 19.2 Å². The lowest BCUT2D eigenvalue weighted by Gasteiger charge is -2.27. The minimum absolute atomic E-state index is 0.0273. The highest BCUT2D eigenvalue weighted by molar-refractivity contribution is 6.33. The summed E-state index contributed by atoms with van der Waals surface area (Å²) in [5.41, 5.74) is -1.34. The number of hydrogen-bond donors (Lipinski definition) is 2. The van der Waals surface area contributed by atoms with Gasteiger partial charge in [-0.25, -0.2) is 13.6 Å². The summed E-state index contributed by atoms with van der Waals surface area (Å²) >= 11 is 0. The van der Waals surface area contributed by atoms with E-state index in [0.717, 1.165) is 23.0 Å². The third-order valence-corrected chi connectivity index (χ3v) is 4.77. The molecule has 6 nitrogen and oxygen atoms in total. The van der Waals surface area contributed by atoms with E-state index in [0.29, 0.717) is 6.42 Å². The number of nitrogens with one attached hydrogen (secondary N) is 2. The van der Waals surface area contributed by atoms with Crippen LogP contribution < -0.4 is 16.6 Å². The molecule has 1 unspecified atom stereocenters. The van der Waals surface area contributed by atoms with Crippen LogP contribution >= 0.6 is 0 Å². The summed E-state index contributed by atoms with van der Waals surface area (Å²) in [4.78, 5) is 40.3. The van der Waals surface area contributed by atoms with Crippen molar-refractivity contribution in [1.29, 1.82) is 0 Å². The van der Waals surface area contributed by atoms with E-state index in [1.807, 2.05) is 14.1 Å². The fourth-order valence-electron chi connectivity index (χ4n) is 3.34. The van der Waals surface area contributed by atoms with Gasteiger partial charge in [0.1, 0.15) is 30.3 Å². The first-order chi connectivity index (χ1) is 12.8. The largest absolute Gasteiger partial charge is 0.363 e. The molecule has 1 aromatic carbocycles. The van der Waals surface area contributed by atoms with Crippen LogP contribution in [0, 0.1) is 11.6 Å². The number of benzene rings is 1. The molecule has 0 amide bonds. The van der Waals surface area contributed by atoms with Gasteiger partial charge in [0.05, 0.1) is 6.04 Å². The molecular weight excluding hydrogens is 355 g/mol. The minimum Gasteiger partial charge on any atom is -0.363 e. The molecule has 0 bridgehead atoms. The van der Waals surface area contributed by atoms with Crippen molar-refractivity contribution >= 4 is 18.9 Å². The average molecular weight is 374 g/mol. The lowest BCUT2D eigenvalue weighted by atomic mass is 9.76. The van der Waals surface area contributed by atoms with Gasteiger partial charge in [-0.2, -0.15) is 0 Å². The Labute approximate surface area is 154 Å². The second kappa shape index (κ2) is 7.50. The maximum atomic E-state index is 14.1. The van der Waals surface area contributed by atoms with E-state index in [2.05, 4.69) is 10.3 Å². The van der Waals surface area contributed by atoms with Crippen molar-refractivity contribution in [3.8, 4) is 0 Å². The van der Waals surface area contributed by atoms with Crippen LogP contribution in [-0.4, -0.2) is 22.6 Å². The van der Waals surface area contributed by atoms with E-state index in [9.17, 15) is 23.2 Å². The molecule has 0 saturated heterocycles. The van der Waals surface area contributed by atoms with Crippen molar-refractivity contribution in [3.05, 3.63) is 61.8 Å². The number of aromatic amines is 1. The number of anilines is 1. The highest BCUT2D eigenvalue weighted by Crippen LogP contribution is 2.31. The summed E-state index contributed by atoms with van der Waals surface area (Å²) in [7, 11) is 1.93. The molecule has 2 atom stereocenters. The third-order valence-electron chi connectivity index (χ3n) is 4.77. The number of H-pyrrole nitrogens is 1. The van der Waals surface area contributed by atoms with Gasteiger partial charge in [-0.3, -0.25) is 19.1 Å². The fourth-order valence-corrected chi connectivity index (χ4v) is 3.34. The molecular formula is C18H19BF2N3O3. The van der Waals surface area contributed by atoms with E-state index in [1.54, 1.807) is 6.92 Å². The van der Waals surface area contributed by atoms with Gasteiger partial charge in [0.2, 0.25) is 0 Å². The molecule has 1 aromatic heterocycles. The van der Waals surface area contributed by atoms with Crippen LogP contribution in [0.2, 0.25) is 13.1 Å². The normalized spacial score (nSPS) is 17.2. The van der Waals surface area contributed by atoms with Crippen LogP contribution in [0.4, 0.5) is 14.6 Å². The van der Waals surface area contributed by atoms with Crippen LogP contribution in [0.1, 0.15) is 47.8 Å². The number of carbonyl (C=O) groups is 1. The molecule has 2 aromatic rings. The van der Waals surface area contributed by atoms with E-state index >= 15 is 0 Å². The van der Waals surface area contributed by atoms with E-state index in [1.165, 1.54) is 6.07 Å².